The molecule has 0 amide bonds. The second-order valence-corrected chi connectivity index (χ2v) is 12.7. The quantitative estimate of drug-likeness (QED) is 0.291. The zero-order chi connectivity index (χ0) is 25.6. The predicted molar refractivity (Wildman–Crippen MR) is 136 cm³/mol. The molecule has 1 heterocycles. The summed E-state index contributed by atoms with van der Waals surface area (Å²) in [6, 6.07) is 0.250. The van der Waals surface area contributed by atoms with Crippen LogP contribution in [-0.4, -0.2) is 41.6 Å². The highest BCUT2D eigenvalue weighted by Crippen LogP contribution is 2.60. The number of fused-ring (bicyclic) bond motifs is 5. The second-order valence-electron chi connectivity index (χ2n) is 12.7. The third-order valence-corrected chi connectivity index (χ3v) is 10.7. The van der Waals surface area contributed by atoms with E-state index in [0.29, 0.717) is 47.3 Å². The molecule has 0 spiro atoms. The number of rotatable bonds is 4. The molecule has 1 saturated heterocycles. The first-order chi connectivity index (χ1) is 17.3. The summed E-state index contributed by atoms with van der Waals surface area (Å²) in [4.78, 5) is 25.7. The van der Waals surface area contributed by atoms with Crippen molar-refractivity contribution in [2.24, 2.45) is 47.3 Å². The highest BCUT2D eigenvalue weighted by Gasteiger charge is 2.56. The lowest BCUT2D eigenvalue weighted by Crippen LogP contribution is -2.48. The van der Waals surface area contributed by atoms with Crippen LogP contribution in [-0.2, 0) is 19.1 Å². The number of nitriles is 1. The number of piperidine rings is 1. The van der Waals surface area contributed by atoms with E-state index in [1.54, 1.807) is 6.92 Å². The summed E-state index contributed by atoms with van der Waals surface area (Å²) >= 11 is 0. The molecule has 36 heavy (non-hydrogen) atoms. The zero-order valence-corrected chi connectivity index (χ0v) is 22.5. The normalized spacial score (nSPS) is 42.6. The summed E-state index contributed by atoms with van der Waals surface area (Å²) in [7, 11) is 0. The summed E-state index contributed by atoms with van der Waals surface area (Å²) in [5.74, 6) is 4.01. The molecule has 0 aromatic heterocycles. The molecule has 1 aliphatic heterocycles. The van der Waals surface area contributed by atoms with Gasteiger partial charge in [0, 0.05) is 38.8 Å². The molecule has 0 N–H and O–H groups in total. The molecule has 5 rings (SSSR count). The summed E-state index contributed by atoms with van der Waals surface area (Å²) in [6.07, 6.45) is 14.7. The van der Waals surface area contributed by atoms with Crippen molar-refractivity contribution in [2.75, 3.05) is 6.54 Å². The van der Waals surface area contributed by atoms with Crippen LogP contribution >= 0.6 is 0 Å². The van der Waals surface area contributed by atoms with E-state index in [4.69, 9.17) is 9.47 Å². The van der Waals surface area contributed by atoms with Crippen LogP contribution in [0.3, 0.4) is 0 Å². The van der Waals surface area contributed by atoms with Crippen LogP contribution < -0.4 is 0 Å². The number of nitrogens with zero attached hydrogens (tertiary/aromatic N) is 2. The minimum Gasteiger partial charge on any atom is -0.462 e. The number of hydrogen-bond donors (Lipinski definition) is 0. The van der Waals surface area contributed by atoms with E-state index < -0.39 is 0 Å². The largest absolute Gasteiger partial charge is 0.462 e. The molecule has 3 saturated carbocycles. The molecule has 0 aromatic carbocycles. The number of ether oxygens (including phenoxy) is 2. The molecular formula is C30H44N2O4. The van der Waals surface area contributed by atoms with E-state index in [9.17, 15) is 14.9 Å². The number of likely N-dealkylation sites (tertiary alicyclic amines) is 1. The van der Waals surface area contributed by atoms with Gasteiger partial charge < -0.3 is 14.4 Å². The van der Waals surface area contributed by atoms with Gasteiger partial charge in [-0.25, -0.2) is 0 Å². The third-order valence-electron chi connectivity index (χ3n) is 10.7. The van der Waals surface area contributed by atoms with Crippen LogP contribution in [0.1, 0.15) is 85.5 Å². The smallest absolute Gasteiger partial charge is 0.302 e. The van der Waals surface area contributed by atoms with Gasteiger partial charge in [-0.3, -0.25) is 9.59 Å². The van der Waals surface area contributed by atoms with Crippen molar-refractivity contribution in [3.8, 4) is 6.19 Å². The van der Waals surface area contributed by atoms with Gasteiger partial charge in [0.2, 0.25) is 0 Å². The maximum absolute atomic E-state index is 12.2. The Morgan fingerprint density at radius 1 is 1.00 bits per heavy atom. The van der Waals surface area contributed by atoms with Gasteiger partial charge in [-0.15, -0.1) is 0 Å². The summed E-state index contributed by atoms with van der Waals surface area (Å²) < 4.78 is 11.6. The van der Waals surface area contributed by atoms with Crippen LogP contribution in [0, 0.1) is 58.8 Å². The molecule has 6 heteroatoms. The molecular weight excluding hydrogens is 452 g/mol. The predicted octanol–water partition coefficient (Wildman–Crippen LogP) is 5.48. The Balaban J connectivity index is 1.35. The average molecular weight is 497 g/mol. The Morgan fingerprint density at radius 3 is 2.47 bits per heavy atom. The van der Waals surface area contributed by atoms with Crippen molar-refractivity contribution in [1.82, 2.24) is 4.90 Å². The molecule has 5 aliphatic rings. The molecule has 4 fully saturated rings. The van der Waals surface area contributed by atoms with Gasteiger partial charge in [0.25, 0.3) is 0 Å². The number of esters is 2. The van der Waals surface area contributed by atoms with Gasteiger partial charge in [0.1, 0.15) is 12.2 Å². The van der Waals surface area contributed by atoms with Gasteiger partial charge in [-0.1, -0.05) is 25.5 Å². The van der Waals surface area contributed by atoms with Crippen molar-refractivity contribution in [3.63, 3.8) is 0 Å². The fraction of sp³-hybridized carbons (Fsp3) is 0.833. The van der Waals surface area contributed by atoms with Gasteiger partial charge >= 0.3 is 11.9 Å². The minimum atomic E-state index is -0.170. The fourth-order valence-corrected chi connectivity index (χ4v) is 9.40. The molecule has 0 aromatic rings. The van der Waals surface area contributed by atoms with Crippen molar-refractivity contribution >= 4 is 11.9 Å². The van der Waals surface area contributed by atoms with E-state index >= 15 is 0 Å². The Labute approximate surface area is 216 Å². The number of allylic oxidation sites excluding steroid dienone is 1. The van der Waals surface area contributed by atoms with Gasteiger partial charge in [0.05, 0.1) is 0 Å². The molecule has 4 aliphatic carbocycles. The van der Waals surface area contributed by atoms with E-state index in [1.165, 1.54) is 31.8 Å². The molecule has 0 radical (unpaired) electrons. The first-order valence-corrected chi connectivity index (χ1v) is 14.5. The zero-order valence-electron chi connectivity index (χ0n) is 22.5. The fourth-order valence-electron chi connectivity index (χ4n) is 9.40. The monoisotopic (exact) mass is 496 g/mol. The van der Waals surface area contributed by atoms with Crippen LogP contribution in [0.2, 0.25) is 0 Å². The third kappa shape index (κ3) is 4.79. The lowest BCUT2D eigenvalue weighted by atomic mass is 9.55. The first-order valence-electron chi connectivity index (χ1n) is 14.5. The Bertz CT molecular complexity index is 924. The first kappa shape index (κ1) is 25.6. The van der Waals surface area contributed by atoms with E-state index in [-0.39, 0.29) is 30.2 Å². The second kappa shape index (κ2) is 10.4. The topological polar surface area (TPSA) is 79.6 Å². The summed E-state index contributed by atoms with van der Waals surface area (Å²) in [5, 5.41) is 9.90. The van der Waals surface area contributed by atoms with Gasteiger partial charge in [0.15, 0.2) is 6.19 Å². The van der Waals surface area contributed by atoms with Crippen molar-refractivity contribution in [2.45, 2.75) is 104 Å². The lowest BCUT2D eigenvalue weighted by Gasteiger charge is -2.50. The minimum absolute atomic E-state index is 0.0313. The average Bonchev–Trinajstić information content (AvgIpc) is 3.20. The van der Waals surface area contributed by atoms with Gasteiger partial charge in [-0.2, -0.15) is 5.26 Å². The van der Waals surface area contributed by atoms with E-state index in [1.807, 2.05) is 4.90 Å². The molecule has 0 unspecified atom stereocenters. The highest BCUT2D eigenvalue weighted by molar-refractivity contribution is 5.66. The lowest BCUT2D eigenvalue weighted by molar-refractivity contribution is -0.150. The Morgan fingerprint density at radius 2 is 1.75 bits per heavy atom. The molecule has 0 bridgehead atoms. The standard InChI is InChI=1S/C30H44N2O4/c1-17-5-12-28(32(15-17)16-31)18(2)30-26-11-10-24-23-9-7-22(35-19(3)33)13-21(23)6-8-25(24)27(26)14-29(30)36-20(4)34/h6,17-18,22-30H,5,7-15H2,1-4H3/t17-,18-,22-,23-,24-,25-,26-,27-,28+,29+,30-/m1/s1. The Hall–Kier alpha value is -2.03. The number of carbonyl (C=O) groups excluding carboxylic acids is 2. The number of carbonyl (C=O) groups is 2. The van der Waals surface area contributed by atoms with Crippen LogP contribution in [0.4, 0.5) is 0 Å². The Kier molecular flexibility index (Phi) is 7.39. The maximum Gasteiger partial charge on any atom is 0.302 e. The van der Waals surface area contributed by atoms with Crippen molar-refractivity contribution in [3.05, 3.63) is 11.6 Å². The van der Waals surface area contributed by atoms with E-state index in [0.717, 1.165) is 45.1 Å². The van der Waals surface area contributed by atoms with Crippen molar-refractivity contribution in [1.29, 1.82) is 5.26 Å². The molecule has 6 nitrogen and oxygen atoms in total. The van der Waals surface area contributed by atoms with Gasteiger partial charge in [-0.05, 0) is 92.8 Å². The van der Waals surface area contributed by atoms with Crippen LogP contribution in [0.5, 0.6) is 0 Å². The number of hydrogen-bond acceptors (Lipinski definition) is 6. The van der Waals surface area contributed by atoms with E-state index in [2.05, 4.69) is 26.1 Å². The van der Waals surface area contributed by atoms with Crippen LogP contribution in [0.25, 0.3) is 0 Å². The van der Waals surface area contributed by atoms with Crippen LogP contribution in [0.15, 0.2) is 11.6 Å². The molecule has 198 valence electrons. The highest BCUT2D eigenvalue weighted by atomic mass is 16.5. The molecule has 11 atom stereocenters. The maximum atomic E-state index is 12.2. The van der Waals surface area contributed by atoms with Crippen molar-refractivity contribution < 1.29 is 19.1 Å². The summed E-state index contributed by atoms with van der Waals surface area (Å²) in [5.41, 5.74) is 1.52. The summed E-state index contributed by atoms with van der Waals surface area (Å²) in [6.45, 7) is 8.48. The SMILES string of the molecule is CC(=O)O[C@@H]1CC[C@@H]2C(=CC[C@H]3[C@H]4C[C@H](OC(C)=O)[C@H]([C@H](C)[C@@H]5CC[C@@H](C)CN5C#N)[C@@H]4CC[C@@H]32)C1.